The second-order valence-corrected chi connectivity index (χ2v) is 14.4. The number of nitrogens with zero attached hydrogens (tertiary/aromatic N) is 3. The molecule has 3 aromatic carbocycles. The summed E-state index contributed by atoms with van der Waals surface area (Å²) < 4.78 is 18.2. The molecule has 12 heteroatoms. The lowest BCUT2D eigenvalue weighted by Gasteiger charge is -2.23. The fraction of sp³-hybridized carbons (Fsp3) is 0.368. The molecular formula is C38H42ClN3O6S2. The Labute approximate surface area is 306 Å². The maximum absolute atomic E-state index is 13.8. The first kappa shape index (κ1) is 37.2. The number of unbranched alkanes of at least 4 members (excludes halogenated alkanes) is 5. The van der Waals surface area contributed by atoms with Crippen LogP contribution >= 0.6 is 34.7 Å². The van der Waals surface area contributed by atoms with Gasteiger partial charge in [0.05, 0.1) is 31.9 Å². The van der Waals surface area contributed by atoms with Crippen molar-refractivity contribution in [1.29, 1.82) is 0 Å². The summed E-state index contributed by atoms with van der Waals surface area (Å²) in [6, 6.07) is 18.6. The number of methoxy groups -OCH3 is 1. The number of halogens is 1. The number of carbonyl (C=O) groups excluding carboxylic acids is 2. The van der Waals surface area contributed by atoms with Crippen molar-refractivity contribution in [3.05, 3.63) is 94.0 Å². The predicted molar refractivity (Wildman–Crippen MR) is 200 cm³/mol. The molecule has 1 saturated heterocycles. The number of hydrogen-bond donors (Lipinski definition) is 1. The minimum absolute atomic E-state index is 0.0678. The molecule has 0 saturated carbocycles. The predicted octanol–water partition coefficient (Wildman–Crippen LogP) is 9.65. The van der Waals surface area contributed by atoms with Crippen molar-refractivity contribution in [2.75, 3.05) is 25.2 Å². The fourth-order valence-electron chi connectivity index (χ4n) is 5.52. The maximum atomic E-state index is 13.8. The average Bonchev–Trinajstić information content (AvgIpc) is 3.70. The zero-order valence-corrected chi connectivity index (χ0v) is 30.9. The lowest BCUT2D eigenvalue weighted by Crippen LogP contribution is -2.29. The number of aliphatic hydroxyl groups is 1. The van der Waals surface area contributed by atoms with Crippen molar-refractivity contribution in [1.82, 2.24) is 10.2 Å². The van der Waals surface area contributed by atoms with Gasteiger partial charge in [-0.15, -0.1) is 10.2 Å². The van der Waals surface area contributed by atoms with Gasteiger partial charge in [0.1, 0.15) is 11.5 Å². The molecule has 5 rings (SSSR count). The second kappa shape index (κ2) is 18.3. The number of hydrogen-bond acceptors (Lipinski definition) is 10. The smallest absolute Gasteiger partial charge is 0.301 e. The van der Waals surface area contributed by atoms with E-state index in [1.165, 1.54) is 40.8 Å². The van der Waals surface area contributed by atoms with Gasteiger partial charge in [0.2, 0.25) is 5.13 Å². The number of carbonyl (C=O) groups is 2. The molecule has 1 atom stereocenters. The quantitative estimate of drug-likeness (QED) is 0.0267. The van der Waals surface area contributed by atoms with Crippen LogP contribution in [0, 0.1) is 0 Å². The Bertz CT molecular complexity index is 1800. The number of ketones is 1. The van der Waals surface area contributed by atoms with Crippen LogP contribution in [0.3, 0.4) is 0 Å². The van der Waals surface area contributed by atoms with E-state index >= 15 is 0 Å². The maximum Gasteiger partial charge on any atom is 0.301 e. The molecule has 0 bridgehead atoms. The number of ether oxygens (including phenoxy) is 3. The second-order valence-electron chi connectivity index (χ2n) is 11.8. The third kappa shape index (κ3) is 8.99. The Hall–Kier alpha value is -4.06. The van der Waals surface area contributed by atoms with E-state index in [9.17, 15) is 14.7 Å². The Balaban J connectivity index is 1.48. The van der Waals surface area contributed by atoms with Crippen LogP contribution < -0.4 is 19.1 Å². The molecule has 1 fully saturated rings. The van der Waals surface area contributed by atoms with E-state index in [0.717, 1.165) is 37.7 Å². The largest absolute Gasteiger partial charge is 0.507 e. The van der Waals surface area contributed by atoms with Gasteiger partial charge in [-0.1, -0.05) is 105 Å². The molecule has 0 unspecified atom stereocenters. The molecule has 50 heavy (non-hydrogen) atoms. The lowest BCUT2D eigenvalue weighted by molar-refractivity contribution is -0.132. The van der Waals surface area contributed by atoms with Crippen LogP contribution in [0.4, 0.5) is 5.13 Å². The molecule has 9 nitrogen and oxygen atoms in total. The highest BCUT2D eigenvalue weighted by atomic mass is 35.5. The fourth-order valence-corrected chi connectivity index (χ4v) is 7.67. The number of amides is 1. The highest BCUT2D eigenvalue weighted by Crippen LogP contribution is 2.46. The highest BCUT2D eigenvalue weighted by Gasteiger charge is 2.48. The monoisotopic (exact) mass is 735 g/mol. The Kier molecular flexibility index (Phi) is 13.6. The molecule has 4 aromatic rings. The van der Waals surface area contributed by atoms with Crippen LogP contribution in [-0.4, -0.2) is 47.3 Å². The third-order valence-corrected chi connectivity index (χ3v) is 10.7. The summed E-state index contributed by atoms with van der Waals surface area (Å²) in [4.78, 5) is 28.9. The van der Waals surface area contributed by atoms with Crippen molar-refractivity contribution >= 4 is 57.3 Å². The van der Waals surface area contributed by atoms with Crippen molar-refractivity contribution in [3.8, 4) is 17.2 Å². The molecule has 1 aromatic heterocycles. The van der Waals surface area contributed by atoms with Gasteiger partial charge in [0, 0.05) is 16.3 Å². The molecule has 2 heterocycles. The van der Waals surface area contributed by atoms with Crippen LogP contribution in [0.2, 0.25) is 5.02 Å². The number of anilines is 1. The molecule has 264 valence electrons. The first-order chi connectivity index (χ1) is 24.4. The average molecular weight is 736 g/mol. The molecule has 1 N–H and O–H groups in total. The molecule has 0 spiro atoms. The van der Waals surface area contributed by atoms with Crippen LogP contribution in [0.5, 0.6) is 17.2 Å². The topological polar surface area (TPSA) is 111 Å². The van der Waals surface area contributed by atoms with Gasteiger partial charge in [0.25, 0.3) is 5.78 Å². The van der Waals surface area contributed by atoms with Gasteiger partial charge in [-0.3, -0.25) is 14.5 Å². The summed E-state index contributed by atoms with van der Waals surface area (Å²) in [7, 11) is 1.54. The molecule has 0 aliphatic carbocycles. The summed E-state index contributed by atoms with van der Waals surface area (Å²) in [6.45, 7) is 5.38. The van der Waals surface area contributed by atoms with Crippen LogP contribution in [0.1, 0.15) is 81.5 Å². The van der Waals surface area contributed by atoms with E-state index < -0.39 is 17.7 Å². The van der Waals surface area contributed by atoms with Gasteiger partial charge in [-0.2, -0.15) is 0 Å². The third-order valence-electron chi connectivity index (χ3n) is 8.26. The van der Waals surface area contributed by atoms with Crippen molar-refractivity contribution < 1.29 is 28.9 Å². The van der Waals surface area contributed by atoms with Gasteiger partial charge < -0.3 is 19.3 Å². The van der Waals surface area contributed by atoms with E-state index in [-0.39, 0.29) is 16.5 Å². The van der Waals surface area contributed by atoms with E-state index in [2.05, 4.69) is 24.0 Å². The number of aliphatic hydroxyl groups excluding tert-OH is 1. The standard InChI is InChI=1S/C38H42ClN3O6S2/c1-4-6-8-9-12-22-48-30-20-17-26(23-31(30)46-3)33-32(34(43)25-15-18-28(19-16-25)47-21-7-5-2)35(44)36(45)42(33)37-40-41-38(50-37)49-24-27-13-10-11-14-29(27)39/h10-11,13-20,23,33,43H,4-9,12,21-22,24H2,1-3H3/t33-/m0/s1. The molecule has 0 radical (unpaired) electrons. The minimum Gasteiger partial charge on any atom is -0.507 e. The molecule has 1 amide bonds. The number of aromatic nitrogens is 2. The minimum atomic E-state index is -1.01. The number of rotatable bonds is 18. The van der Waals surface area contributed by atoms with Crippen molar-refractivity contribution in [2.45, 2.75) is 74.9 Å². The molecule has 1 aliphatic heterocycles. The first-order valence-electron chi connectivity index (χ1n) is 16.9. The van der Waals surface area contributed by atoms with Gasteiger partial charge >= 0.3 is 5.91 Å². The van der Waals surface area contributed by atoms with Gasteiger partial charge in [-0.25, -0.2) is 0 Å². The zero-order chi connectivity index (χ0) is 35.5. The Morgan fingerprint density at radius 1 is 0.900 bits per heavy atom. The summed E-state index contributed by atoms with van der Waals surface area (Å²) in [5, 5.41) is 21.2. The Morgan fingerprint density at radius 2 is 1.64 bits per heavy atom. The summed E-state index contributed by atoms with van der Waals surface area (Å²) in [6.07, 6.45) is 7.45. The summed E-state index contributed by atoms with van der Waals surface area (Å²) in [5.74, 6) is 0.240. The summed E-state index contributed by atoms with van der Waals surface area (Å²) >= 11 is 8.97. The molecular weight excluding hydrogens is 694 g/mol. The van der Waals surface area contributed by atoms with Crippen LogP contribution in [0.15, 0.2) is 76.6 Å². The van der Waals surface area contributed by atoms with Crippen LogP contribution in [-0.2, 0) is 15.3 Å². The zero-order valence-electron chi connectivity index (χ0n) is 28.5. The van der Waals surface area contributed by atoms with Gasteiger partial charge in [-0.05, 0) is 66.4 Å². The van der Waals surface area contributed by atoms with Crippen LogP contribution in [0.25, 0.3) is 5.76 Å². The van der Waals surface area contributed by atoms with E-state index in [1.54, 1.807) is 49.6 Å². The number of Topliss-reactive ketones (excluding diaryl/α,β-unsaturated/α-hetero) is 1. The number of thioether (sulfide) groups is 1. The highest BCUT2D eigenvalue weighted by molar-refractivity contribution is 8.00. The lowest BCUT2D eigenvalue weighted by atomic mass is 9.95. The first-order valence-corrected chi connectivity index (χ1v) is 19.1. The van der Waals surface area contributed by atoms with E-state index in [1.807, 2.05) is 24.3 Å². The van der Waals surface area contributed by atoms with Gasteiger partial charge in [0.15, 0.2) is 15.8 Å². The van der Waals surface area contributed by atoms with E-state index in [0.29, 0.717) is 56.7 Å². The van der Waals surface area contributed by atoms with Crippen molar-refractivity contribution in [3.63, 3.8) is 0 Å². The summed E-state index contributed by atoms with van der Waals surface area (Å²) in [5.41, 5.74) is 1.78. The normalized spacial score (nSPS) is 15.4. The SMILES string of the molecule is CCCCCCCOc1ccc([C@H]2C(=C(O)c3ccc(OCCCC)cc3)C(=O)C(=O)N2c2nnc(SCc3ccccc3Cl)s2)cc1OC. The number of benzene rings is 3. The Morgan fingerprint density at radius 3 is 2.38 bits per heavy atom. The van der Waals surface area contributed by atoms with E-state index in [4.69, 9.17) is 25.8 Å². The molecule has 1 aliphatic rings. The van der Waals surface area contributed by atoms with Crippen molar-refractivity contribution in [2.24, 2.45) is 0 Å².